The maximum absolute atomic E-state index is 13.8. The van der Waals surface area contributed by atoms with Crippen molar-refractivity contribution in [2.45, 2.75) is 88.6 Å². The van der Waals surface area contributed by atoms with Gasteiger partial charge in [0.05, 0.1) is 32.2 Å². The number of carbonyl (C=O) groups excluding carboxylic acids is 3. The van der Waals surface area contributed by atoms with Crippen molar-refractivity contribution in [3.8, 4) is 0 Å². The third kappa shape index (κ3) is 22.7. The lowest BCUT2D eigenvalue weighted by Gasteiger charge is -2.34. The molecule has 0 spiro atoms. The van der Waals surface area contributed by atoms with E-state index in [1.54, 1.807) is 14.7 Å². The molecule has 4 unspecified atom stereocenters. The van der Waals surface area contributed by atoms with Gasteiger partial charge in [-0.3, -0.25) is 53.7 Å². The Morgan fingerprint density at radius 2 is 1.05 bits per heavy atom. The zero-order valence-corrected chi connectivity index (χ0v) is 41.6. The van der Waals surface area contributed by atoms with Crippen LogP contribution in [-0.4, -0.2) is 225 Å². The molecule has 2 aliphatic rings. The normalized spacial score (nSPS) is 19.3. The second-order valence-electron chi connectivity index (χ2n) is 19.0. The predicted molar refractivity (Wildman–Crippen MR) is 266 cm³/mol. The summed E-state index contributed by atoms with van der Waals surface area (Å²) in [4.78, 5) is 116. The van der Waals surface area contributed by atoms with Gasteiger partial charge >= 0.3 is 41.8 Å². The van der Waals surface area contributed by atoms with Crippen molar-refractivity contribution in [1.82, 2.24) is 46.2 Å². The molecule has 4 amide bonds. The second kappa shape index (κ2) is 31.3. The standard InChI is InChI=1S/C49H73N9O16/c59-40(28-55-17-19-56(29-42(62)63)21-23-58(31-44(66)67)24-22-57(20-18-55)30-43(64)65)51-27-32-8-12-35(13-9-32)45(68)52-39(26-33-10-11-34-5-1-2-6-36(34)25-33)46(69)50-16-4-3-7-37(47(70)71)53-49(74)54-38(48(72)73)14-15-41(60)61/h1-2,5-6,10-11,25,32,35,37-39,45,52,68H,3-4,7-9,12-24,26-31H2,(H,50,69)(H,51,59)(H,60,61)(H,62,63)(H,64,65)(H,66,67)(H,70,71)(H,72,73)(H2,53,54,74). The fraction of sp³-hybridized carbons (Fsp3) is 0.612. The van der Waals surface area contributed by atoms with Crippen LogP contribution in [0.3, 0.4) is 0 Å². The summed E-state index contributed by atoms with van der Waals surface area (Å²) in [6, 6.07) is 8.71. The summed E-state index contributed by atoms with van der Waals surface area (Å²) in [5.41, 5.74) is 0.844. The van der Waals surface area contributed by atoms with Crippen LogP contribution in [0.15, 0.2) is 42.5 Å². The summed E-state index contributed by atoms with van der Waals surface area (Å²) in [7, 11) is 0. The number of fused-ring (bicyclic) bond motifs is 1. The molecule has 1 saturated carbocycles. The van der Waals surface area contributed by atoms with Crippen molar-refractivity contribution in [1.29, 1.82) is 0 Å². The average Bonchev–Trinajstić information content (AvgIpc) is 3.34. The van der Waals surface area contributed by atoms with E-state index in [4.69, 9.17) is 5.11 Å². The SMILES string of the molecule is O=C(O)CCC(NC(=O)NC(CCCCNC(=O)C(Cc1ccc2ccccc2c1)NC(O)C1CCC(CNC(=O)CN2CCN(CC(=O)O)CCN(CC(=O)O)CCN(CC(=O)O)CC2)CC1)C(=O)O)C(=O)O. The minimum absolute atomic E-state index is 0.0142. The summed E-state index contributed by atoms with van der Waals surface area (Å²) in [5, 5.41) is 83.2. The van der Waals surface area contributed by atoms with Gasteiger partial charge in [-0.25, -0.2) is 14.4 Å². The van der Waals surface area contributed by atoms with Crippen LogP contribution in [-0.2, 0) is 44.8 Å². The van der Waals surface area contributed by atoms with Crippen LogP contribution in [0.25, 0.3) is 10.8 Å². The molecule has 0 bridgehead atoms. The number of aliphatic carboxylic acids is 6. The molecule has 25 heteroatoms. The van der Waals surface area contributed by atoms with E-state index in [1.165, 1.54) is 0 Å². The zero-order chi connectivity index (χ0) is 54.2. The predicted octanol–water partition coefficient (Wildman–Crippen LogP) is -0.586. The molecule has 0 aromatic heterocycles. The van der Waals surface area contributed by atoms with Crippen molar-refractivity contribution < 1.29 is 78.9 Å². The number of rotatable bonds is 28. The monoisotopic (exact) mass is 1040 g/mol. The number of carbonyl (C=O) groups is 9. The maximum atomic E-state index is 13.8. The van der Waals surface area contributed by atoms with Gasteiger partial charge in [0.2, 0.25) is 11.8 Å². The number of unbranched alkanes of at least 4 members (excludes halogenated alkanes) is 1. The molecular weight excluding hydrogens is 971 g/mol. The zero-order valence-electron chi connectivity index (χ0n) is 41.6. The molecule has 1 heterocycles. The van der Waals surface area contributed by atoms with Crippen LogP contribution < -0.4 is 26.6 Å². The fourth-order valence-electron chi connectivity index (χ4n) is 9.13. The lowest BCUT2D eigenvalue weighted by Crippen LogP contribution is -2.52. The summed E-state index contributed by atoms with van der Waals surface area (Å²) < 4.78 is 0. The molecule has 12 N–H and O–H groups in total. The summed E-state index contributed by atoms with van der Waals surface area (Å²) in [6.07, 6.45) is 1.30. The molecular formula is C49H73N9O16. The number of aliphatic hydroxyl groups is 1. The Balaban J connectivity index is 1.30. The van der Waals surface area contributed by atoms with Crippen LogP contribution in [0.1, 0.15) is 63.4 Å². The third-order valence-corrected chi connectivity index (χ3v) is 13.3. The van der Waals surface area contributed by atoms with Gasteiger partial charge in [0.1, 0.15) is 18.3 Å². The van der Waals surface area contributed by atoms with E-state index in [-0.39, 0.29) is 109 Å². The number of carboxylic acids is 6. The Hall–Kier alpha value is -6.51. The third-order valence-electron chi connectivity index (χ3n) is 13.3. The van der Waals surface area contributed by atoms with E-state index in [0.29, 0.717) is 51.7 Å². The summed E-state index contributed by atoms with van der Waals surface area (Å²) in [5.74, 6) is -8.02. The van der Waals surface area contributed by atoms with Gasteiger partial charge in [0.25, 0.3) is 0 Å². The lowest BCUT2D eigenvalue weighted by atomic mass is 9.81. The van der Waals surface area contributed by atoms with Crippen LogP contribution in [0.5, 0.6) is 0 Å². The minimum atomic E-state index is -1.55. The lowest BCUT2D eigenvalue weighted by molar-refractivity contribution is -0.141. The number of aliphatic hydroxyl groups excluding tert-OH is 1. The number of carboxylic acid groups (broad SMARTS) is 6. The van der Waals surface area contributed by atoms with E-state index in [1.807, 2.05) is 47.4 Å². The Kier molecular flexibility index (Phi) is 25.4. The van der Waals surface area contributed by atoms with Crippen LogP contribution >= 0.6 is 0 Å². The Bertz CT molecular complexity index is 2180. The number of amides is 4. The fourth-order valence-corrected chi connectivity index (χ4v) is 9.13. The smallest absolute Gasteiger partial charge is 0.326 e. The highest BCUT2D eigenvalue weighted by Gasteiger charge is 2.31. The Labute approximate surface area is 428 Å². The van der Waals surface area contributed by atoms with E-state index in [9.17, 15) is 73.8 Å². The first-order valence-electron chi connectivity index (χ1n) is 25.0. The van der Waals surface area contributed by atoms with Crippen molar-refractivity contribution in [2.75, 3.05) is 91.6 Å². The highest BCUT2D eigenvalue weighted by molar-refractivity contribution is 5.87. The minimum Gasteiger partial charge on any atom is -0.481 e. The topological polar surface area (TPSA) is 368 Å². The first-order chi connectivity index (χ1) is 35.2. The highest BCUT2D eigenvalue weighted by atomic mass is 16.4. The molecule has 74 heavy (non-hydrogen) atoms. The van der Waals surface area contributed by atoms with Crippen molar-refractivity contribution in [3.63, 3.8) is 0 Å². The quantitative estimate of drug-likeness (QED) is 0.0374. The molecule has 4 rings (SSSR count). The second-order valence-corrected chi connectivity index (χ2v) is 19.0. The van der Waals surface area contributed by atoms with E-state index in [0.717, 1.165) is 16.3 Å². The van der Waals surface area contributed by atoms with Gasteiger partial charge in [0.15, 0.2) is 0 Å². The molecule has 4 atom stereocenters. The molecule has 2 aromatic carbocycles. The molecule has 1 saturated heterocycles. The largest absolute Gasteiger partial charge is 0.481 e. The molecule has 1 aliphatic heterocycles. The molecule has 410 valence electrons. The van der Waals surface area contributed by atoms with Crippen LogP contribution in [0, 0.1) is 11.8 Å². The maximum Gasteiger partial charge on any atom is 0.326 e. The van der Waals surface area contributed by atoms with Crippen molar-refractivity contribution in [3.05, 3.63) is 48.0 Å². The van der Waals surface area contributed by atoms with Gasteiger partial charge in [-0.15, -0.1) is 0 Å². The molecule has 0 radical (unpaired) electrons. The van der Waals surface area contributed by atoms with Crippen molar-refractivity contribution >= 4 is 64.4 Å². The summed E-state index contributed by atoms with van der Waals surface area (Å²) in [6.45, 7) is 1.88. The Morgan fingerprint density at radius 3 is 1.55 bits per heavy atom. The number of hydrogen-bond acceptors (Lipinski definition) is 15. The van der Waals surface area contributed by atoms with Gasteiger partial charge in [-0.1, -0.05) is 42.5 Å². The molecule has 1 aliphatic carbocycles. The van der Waals surface area contributed by atoms with Crippen LogP contribution in [0.4, 0.5) is 4.79 Å². The molecule has 25 nitrogen and oxygen atoms in total. The average molecular weight is 1040 g/mol. The van der Waals surface area contributed by atoms with E-state index < -0.39 is 84.9 Å². The summed E-state index contributed by atoms with van der Waals surface area (Å²) >= 11 is 0. The first kappa shape index (κ1) is 60.0. The number of urea groups is 1. The highest BCUT2D eigenvalue weighted by Crippen LogP contribution is 2.30. The molecule has 2 aromatic rings. The number of nitrogens with one attached hydrogen (secondary N) is 5. The Morgan fingerprint density at radius 1 is 0.554 bits per heavy atom. The number of hydrogen-bond donors (Lipinski definition) is 12. The first-order valence-corrected chi connectivity index (χ1v) is 25.0. The van der Waals surface area contributed by atoms with Crippen molar-refractivity contribution in [2.24, 2.45) is 11.8 Å². The van der Waals surface area contributed by atoms with Gasteiger partial charge in [0, 0.05) is 71.9 Å². The van der Waals surface area contributed by atoms with Crippen LogP contribution in [0.2, 0.25) is 0 Å². The van der Waals surface area contributed by atoms with E-state index >= 15 is 0 Å². The molecule has 2 fully saturated rings. The van der Waals surface area contributed by atoms with Gasteiger partial charge < -0.3 is 57.0 Å². The number of benzene rings is 2. The van der Waals surface area contributed by atoms with Gasteiger partial charge in [-0.05, 0) is 86.0 Å². The van der Waals surface area contributed by atoms with E-state index in [2.05, 4.69) is 26.6 Å². The number of nitrogens with zero attached hydrogens (tertiary/aromatic N) is 4. The van der Waals surface area contributed by atoms with Gasteiger partial charge in [-0.2, -0.15) is 0 Å².